The van der Waals surface area contributed by atoms with Gasteiger partial charge in [0.15, 0.2) is 5.78 Å². The average molecular weight is 527 g/mol. The van der Waals surface area contributed by atoms with E-state index in [9.17, 15) is 37.9 Å². The van der Waals surface area contributed by atoms with Gasteiger partial charge in [-0.05, 0) is 62.6 Å². The fraction of sp³-hybridized carbons (Fsp3) is 0.333. The van der Waals surface area contributed by atoms with Crippen LogP contribution >= 0.6 is 0 Å². The van der Waals surface area contributed by atoms with Gasteiger partial charge in [0.1, 0.15) is 0 Å². The minimum Gasteiger partial charge on any atom is -0.389 e. The van der Waals surface area contributed by atoms with Gasteiger partial charge in [0.2, 0.25) is 0 Å². The summed E-state index contributed by atoms with van der Waals surface area (Å²) in [5.41, 5.74) is -1.40. The van der Waals surface area contributed by atoms with Crippen LogP contribution in [0.4, 0.5) is 28.4 Å². The highest BCUT2D eigenvalue weighted by molar-refractivity contribution is 6.11. The van der Waals surface area contributed by atoms with Gasteiger partial charge in [-0.15, -0.1) is 0 Å². The quantitative estimate of drug-likeness (QED) is 0.579. The number of urea groups is 2. The van der Waals surface area contributed by atoms with E-state index in [1.165, 1.54) is 44.2 Å². The standard InChI is InChI=1S/C27H25F3N4O4/c1-26(2,38)15-32-24(36)34-23(17-11-9-16(14-31)10-12-17)22-20(7-4-8-21(22)35)33(25(34)37)19-6-3-5-18(13-19)27(28,29)30/h3,5-6,9-13,23,38H,4,7-8,15H2,1-2H3,(H,32,36). The van der Waals surface area contributed by atoms with Crippen molar-refractivity contribution in [2.75, 3.05) is 11.4 Å². The predicted octanol–water partition coefficient (Wildman–Crippen LogP) is 5.05. The Kier molecular flexibility index (Phi) is 7.04. The number of amides is 4. The molecule has 1 aliphatic carbocycles. The molecule has 11 heteroatoms. The second-order valence-electron chi connectivity index (χ2n) is 9.78. The molecule has 38 heavy (non-hydrogen) atoms. The lowest BCUT2D eigenvalue weighted by atomic mass is 9.83. The summed E-state index contributed by atoms with van der Waals surface area (Å²) in [5.74, 6) is -0.342. The lowest BCUT2D eigenvalue weighted by Gasteiger charge is -2.44. The Hall–Kier alpha value is -4.17. The van der Waals surface area contributed by atoms with Gasteiger partial charge in [0.25, 0.3) is 0 Å². The van der Waals surface area contributed by atoms with Gasteiger partial charge in [0.05, 0.1) is 34.5 Å². The van der Waals surface area contributed by atoms with E-state index in [1.54, 1.807) is 0 Å². The van der Waals surface area contributed by atoms with E-state index in [-0.39, 0.29) is 42.1 Å². The molecule has 2 aromatic carbocycles. The predicted molar refractivity (Wildman–Crippen MR) is 131 cm³/mol. The van der Waals surface area contributed by atoms with Gasteiger partial charge in [-0.25, -0.2) is 14.5 Å². The lowest BCUT2D eigenvalue weighted by Crippen LogP contribution is -2.57. The number of nitrogens with one attached hydrogen (secondary N) is 1. The molecule has 0 saturated carbocycles. The molecule has 1 heterocycles. The third-order valence-corrected chi connectivity index (χ3v) is 6.31. The number of aliphatic hydroxyl groups is 1. The highest BCUT2D eigenvalue weighted by atomic mass is 19.4. The van der Waals surface area contributed by atoms with Gasteiger partial charge in [0, 0.05) is 24.2 Å². The minimum atomic E-state index is -4.68. The molecular weight excluding hydrogens is 501 g/mol. The number of imide groups is 1. The van der Waals surface area contributed by atoms with Crippen LogP contribution in [0.1, 0.15) is 55.8 Å². The molecule has 1 atom stereocenters. The number of nitrogens with zero attached hydrogens (tertiary/aromatic N) is 3. The third-order valence-electron chi connectivity index (χ3n) is 6.31. The van der Waals surface area contributed by atoms with Crippen molar-refractivity contribution in [3.8, 4) is 6.07 Å². The molecule has 2 aliphatic rings. The molecule has 0 radical (unpaired) electrons. The smallest absolute Gasteiger partial charge is 0.389 e. The van der Waals surface area contributed by atoms with Crippen LogP contribution in [0.2, 0.25) is 0 Å². The third kappa shape index (κ3) is 5.26. The van der Waals surface area contributed by atoms with Crippen LogP contribution in [-0.4, -0.2) is 40.0 Å². The molecule has 0 aromatic heterocycles. The zero-order valence-corrected chi connectivity index (χ0v) is 20.7. The van der Waals surface area contributed by atoms with Crippen molar-refractivity contribution >= 4 is 23.5 Å². The summed E-state index contributed by atoms with van der Waals surface area (Å²) in [6.07, 6.45) is -3.93. The number of alkyl halides is 3. The van der Waals surface area contributed by atoms with Gasteiger partial charge in [-0.2, -0.15) is 18.4 Å². The van der Waals surface area contributed by atoms with E-state index in [0.717, 1.165) is 28.0 Å². The van der Waals surface area contributed by atoms with E-state index in [2.05, 4.69) is 5.32 Å². The Labute approximate surface area is 216 Å². The SMILES string of the molecule is CC(C)(O)CNC(=O)N1C(=O)N(c2cccc(C(F)(F)F)c2)C2=C(C(=O)CCC2)C1c1ccc(C#N)cc1. The number of hydrogen-bond donors (Lipinski definition) is 2. The maximum atomic E-state index is 14.0. The molecule has 1 unspecified atom stereocenters. The zero-order chi connectivity index (χ0) is 27.8. The molecule has 2 aromatic rings. The van der Waals surface area contributed by atoms with Crippen molar-refractivity contribution in [2.45, 2.75) is 50.9 Å². The van der Waals surface area contributed by atoms with Crippen molar-refractivity contribution < 1.29 is 32.7 Å². The number of ketones is 1. The summed E-state index contributed by atoms with van der Waals surface area (Å²) in [5, 5.41) is 21.8. The average Bonchev–Trinajstić information content (AvgIpc) is 2.86. The molecule has 1 aliphatic heterocycles. The van der Waals surface area contributed by atoms with Crippen LogP contribution in [0.25, 0.3) is 0 Å². The topological polar surface area (TPSA) is 114 Å². The first-order valence-electron chi connectivity index (χ1n) is 11.9. The van der Waals surface area contributed by atoms with Crippen molar-refractivity contribution in [1.82, 2.24) is 10.2 Å². The second kappa shape index (κ2) is 9.95. The van der Waals surface area contributed by atoms with Crippen LogP contribution in [-0.2, 0) is 11.0 Å². The monoisotopic (exact) mass is 526 g/mol. The van der Waals surface area contributed by atoms with Crippen molar-refractivity contribution in [3.05, 3.63) is 76.5 Å². The molecule has 2 N–H and O–H groups in total. The Morgan fingerprint density at radius 2 is 1.82 bits per heavy atom. The van der Waals surface area contributed by atoms with E-state index < -0.39 is 35.4 Å². The van der Waals surface area contributed by atoms with Crippen molar-refractivity contribution in [3.63, 3.8) is 0 Å². The molecule has 8 nitrogen and oxygen atoms in total. The number of anilines is 1. The second-order valence-corrected chi connectivity index (χ2v) is 9.78. The number of carbonyl (C=O) groups excluding carboxylic acids is 3. The van der Waals surface area contributed by atoms with Gasteiger partial charge in [-0.1, -0.05) is 18.2 Å². The maximum Gasteiger partial charge on any atom is 0.416 e. The number of Topliss-reactive ketones (excluding diaryl/α,β-unsaturated/α-hetero) is 1. The number of halogens is 3. The maximum absolute atomic E-state index is 14.0. The van der Waals surface area contributed by atoms with Crippen LogP contribution in [0.5, 0.6) is 0 Å². The van der Waals surface area contributed by atoms with Crippen molar-refractivity contribution in [2.24, 2.45) is 0 Å². The summed E-state index contributed by atoms with van der Waals surface area (Å²) >= 11 is 0. The largest absolute Gasteiger partial charge is 0.416 e. The first kappa shape index (κ1) is 26.9. The Morgan fingerprint density at radius 3 is 2.42 bits per heavy atom. The van der Waals surface area contributed by atoms with Gasteiger partial charge >= 0.3 is 18.2 Å². The van der Waals surface area contributed by atoms with Crippen LogP contribution in [0.3, 0.4) is 0 Å². The fourth-order valence-corrected chi connectivity index (χ4v) is 4.58. The number of carbonyl (C=O) groups is 3. The van der Waals surface area contributed by atoms with Crippen LogP contribution in [0.15, 0.2) is 59.8 Å². The summed E-state index contributed by atoms with van der Waals surface area (Å²) in [7, 11) is 0. The minimum absolute atomic E-state index is 0.122. The molecule has 0 spiro atoms. The van der Waals surface area contributed by atoms with E-state index in [4.69, 9.17) is 0 Å². The number of benzene rings is 2. The first-order valence-corrected chi connectivity index (χ1v) is 11.9. The summed E-state index contributed by atoms with van der Waals surface area (Å²) in [6, 6.07) is 9.08. The molecule has 4 amide bonds. The first-order chi connectivity index (χ1) is 17.8. The van der Waals surface area contributed by atoms with Gasteiger partial charge < -0.3 is 10.4 Å². The van der Waals surface area contributed by atoms with Crippen LogP contribution < -0.4 is 10.2 Å². The Bertz CT molecular complexity index is 1350. The molecule has 198 valence electrons. The fourth-order valence-electron chi connectivity index (χ4n) is 4.58. The van der Waals surface area contributed by atoms with Crippen molar-refractivity contribution in [1.29, 1.82) is 5.26 Å². The normalized spacial score (nSPS) is 18.3. The zero-order valence-electron chi connectivity index (χ0n) is 20.7. The van der Waals surface area contributed by atoms with E-state index >= 15 is 0 Å². The lowest BCUT2D eigenvalue weighted by molar-refractivity contribution is -0.137. The number of nitriles is 1. The molecular formula is C27H25F3N4O4. The number of hydrogen-bond acceptors (Lipinski definition) is 5. The Morgan fingerprint density at radius 1 is 1.13 bits per heavy atom. The molecule has 4 rings (SSSR count). The number of allylic oxidation sites excluding steroid dienone is 1. The summed E-state index contributed by atoms with van der Waals surface area (Å²) in [6.45, 7) is 2.66. The molecule has 0 saturated heterocycles. The highest BCUT2D eigenvalue weighted by Crippen LogP contribution is 2.44. The molecule has 0 fully saturated rings. The highest BCUT2D eigenvalue weighted by Gasteiger charge is 2.47. The summed E-state index contributed by atoms with van der Waals surface area (Å²) in [4.78, 5) is 42.5. The summed E-state index contributed by atoms with van der Waals surface area (Å²) < 4.78 is 40.5. The van der Waals surface area contributed by atoms with E-state index in [0.29, 0.717) is 17.5 Å². The van der Waals surface area contributed by atoms with Crippen LogP contribution in [0, 0.1) is 11.3 Å². The van der Waals surface area contributed by atoms with Gasteiger partial charge in [-0.3, -0.25) is 9.69 Å². The number of rotatable bonds is 4. The van der Waals surface area contributed by atoms with E-state index in [1.807, 2.05) is 6.07 Å². The Balaban J connectivity index is 1.93. The molecule has 0 bridgehead atoms.